The van der Waals surface area contributed by atoms with Crippen molar-refractivity contribution in [1.29, 1.82) is 0 Å². The largest absolute Gasteiger partial charge is 0.444 e. The van der Waals surface area contributed by atoms with E-state index in [9.17, 15) is 13.2 Å². The third-order valence-electron chi connectivity index (χ3n) is 5.44. The van der Waals surface area contributed by atoms with E-state index in [0.29, 0.717) is 29.6 Å². The fraction of sp³-hybridized carbons (Fsp3) is 0.304. The van der Waals surface area contributed by atoms with Gasteiger partial charge in [-0.1, -0.05) is 35.9 Å². The Kier molecular flexibility index (Phi) is 5.93. The summed E-state index contributed by atoms with van der Waals surface area (Å²) in [6.07, 6.45) is 1.63. The van der Waals surface area contributed by atoms with Crippen LogP contribution in [0.25, 0.3) is 11.5 Å². The molecule has 0 N–H and O–H groups in total. The second-order valence-corrected chi connectivity index (χ2v) is 9.65. The minimum Gasteiger partial charge on any atom is -0.444 e. The number of aromatic nitrogens is 1. The zero-order chi connectivity index (χ0) is 22.0. The predicted molar refractivity (Wildman–Crippen MR) is 117 cm³/mol. The fourth-order valence-corrected chi connectivity index (χ4v) is 5.40. The maximum absolute atomic E-state index is 13.0. The highest BCUT2D eigenvalue weighted by Gasteiger charge is 2.31. The topological polar surface area (TPSA) is 83.7 Å². The van der Waals surface area contributed by atoms with Gasteiger partial charge in [-0.2, -0.15) is 4.31 Å². The van der Waals surface area contributed by atoms with Gasteiger partial charge in [0.15, 0.2) is 0 Å². The van der Waals surface area contributed by atoms with Crippen LogP contribution >= 0.6 is 0 Å². The number of hydrogen-bond donors (Lipinski definition) is 0. The summed E-state index contributed by atoms with van der Waals surface area (Å²) >= 11 is 0. The number of amides is 1. The van der Waals surface area contributed by atoms with Gasteiger partial charge in [-0.25, -0.2) is 13.4 Å². The van der Waals surface area contributed by atoms with Crippen LogP contribution in [0.15, 0.2) is 64.1 Å². The molecule has 1 aromatic heterocycles. The molecule has 1 saturated heterocycles. The monoisotopic (exact) mass is 439 g/mol. The number of hydrogen-bond acceptors (Lipinski definition) is 5. The number of benzene rings is 2. The van der Waals surface area contributed by atoms with Crippen molar-refractivity contribution in [2.24, 2.45) is 0 Å². The summed E-state index contributed by atoms with van der Waals surface area (Å²) in [5.41, 5.74) is 3.18. The van der Waals surface area contributed by atoms with E-state index in [1.807, 2.05) is 43.3 Å². The SMILES string of the molecule is Cc1ccc(S(=O)(=O)N2CCN(C(=O)Cc3coc(-c4ccccc4)n3)CC2)c(C)c1. The molecule has 1 aliphatic heterocycles. The molecular weight excluding hydrogens is 414 g/mol. The summed E-state index contributed by atoms with van der Waals surface area (Å²) in [5.74, 6) is 0.393. The first kappa shape index (κ1) is 21.3. The Labute approximate surface area is 182 Å². The molecule has 0 unspecified atom stereocenters. The van der Waals surface area contributed by atoms with Crippen LogP contribution in [0.3, 0.4) is 0 Å². The van der Waals surface area contributed by atoms with Crippen molar-refractivity contribution in [2.75, 3.05) is 26.2 Å². The van der Waals surface area contributed by atoms with E-state index in [4.69, 9.17) is 4.42 Å². The van der Waals surface area contributed by atoms with Gasteiger partial charge in [0.2, 0.25) is 21.8 Å². The highest BCUT2D eigenvalue weighted by molar-refractivity contribution is 7.89. The highest BCUT2D eigenvalue weighted by atomic mass is 32.2. The summed E-state index contributed by atoms with van der Waals surface area (Å²) in [5, 5.41) is 0. The first-order valence-corrected chi connectivity index (χ1v) is 11.6. The highest BCUT2D eigenvalue weighted by Crippen LogP contribution is 2.23. The molecule has 8 heteroatoms. The summed E-state index contributed by atoms with van der Waals surface area (Å²) in [6, 6.07) is 14.8. The first-order valence-electron chi connectivity index (χ1n) is 10.2. The number of carbonyl (C=O) groups is 1. The van der Waals surface area contributed by atoms with Gasteiger partial charge in [-0.3, -0.25) is 4.79 Å². The average Bonchev–Trinajstić information content (AvgIpc) is 3.22. The summed E-state index contributed by atoms with van der Waals surface area (Å²) in [4.78, 5) is 19.1. The molecule has 0 spiro atoms. The molecule has 1 aliphatic rings. The van der Waals surface area contributed by atoms with Crippen molar-refractivity contribution in [3.8, 4) is 11.5 Å². The van der Waals surface area contributed by atoms with Crippen LogP contribution in [0.2, 0.25) is 0 Å². The molecule has 7 nitrogen and oxygen atoms in total. The zero-order valence-electron chi connectivity index (χ0n) is 17.6. The van der Waals surface area contributed by atoms with E-state index in [2.05, 4.69) is 4.98 Å². The van der Waals surface area contributed by atoms with E-state index in [1.165, 1.54) is 10.6 Å². The molecule has 2 aromatic carbocycles. The summed E-state index contributed by atoms with van der Waals surface area (Å²) in [7, 11) is -3.58. The van der Waals surface area contributed by atoms with Gasteiger partial charge in [0, 0.05) is 31.7 Å². The number of aryl methyl sites for hydroxylation is 2. The Balaban J connectivity index is 1.37. The smallest absolute Gasteiger partial charge is 0.243 e. The third-order valence-corrected chi connectivity index (χ3v) is 7.50. The average molecular weight is 440 g/mol. The standard InChI is InChI=1S/C23H25N3O4S/c1-17-8-9-21(18(2)14-17)31(28,29)26-12-10-25(11-13-26)22(27)15-20-16-30-23(24-20)19-6-4-3-5-7-19/h3-9,14,16H,10-13,15H2,1-2H3. The molecule has 0 atom stereocenters. The van der Waals surface area contributed by atoms with E-state index < -0.39 is 10.0 Å². The minimum absolute atomic E-state index is 0.0866. The maximum atomic E-state index is 13.0. The predicted octanol–water partition coefficient (Wildman–Crippen LogP) is 3.03. The second kappa shape index (κ2) is 8.64. The van der Waals surface area contributed by atoms with Gasteiger partial charge >= 0.3 is 0 Å². The molecule has 31 heavy (non-hydrogen) atoms. The number of carbonyl (C=O) groups excluding carboxylic acids is 1. The van der Waals surface area contributed by atoms with Crippen molar-refractivity contribution in [3.63, 3.8) is 0 Å². The Morgan fingerprint density at radius 1 is 1.03 bits per heavy atom. The van der Waals surface area contributed by atoms with Crippen LogP contribution in [-0.4, -0.2) is 54.7 Å². The van der Waals surface area contributed by atoms with Crippen molar-refractivity contribution in [3.05, 3.63) is 71.6 Å². The normalized spacial score (nSPS) is 15.2. The van der Waals surface area contributed by atoms with Crippen molar-refractivity contribution in [2.45, 2.75) is 25.2 Å². The molecular formula is C23H25N3O4S. The molecule has 3 aromatic rings. The Morgan fingerprint density at radius 3 is 2.42 bits per heavy atom. The third kappa shape index (κ3) is 4.55. The molecule has 0 saturated carbocycles. The lowest BCUT2D eigenvalue weighted by Crippen LogP contribution is -2.51. The Morgan fingerprint density at radius 2 is 1.74 bits per heavy atom. The quantitative estimate of drug-likeness (QED) is 0.610. The Bertz CT molecular complexity index is 1180. The molecule has 1 fully saturated rings. The number of nitrogens with zero attached hydrogens (tertiary/aromatic N) is 3. The maximum Gasteiger partial charge on any atom is 0.243 e. The van der Waals surface area contributed by atoms with Gasteiger partial charge in [0.05, 0.1) is 17.0 Å². The molecule has 4 rings (SSSR count). The fourth-order valence-electron chi connectivity index (χ4n) is 3.77. The molecule has 0 bridgehead atoms. The number of piperazine rings is 1. The lowest BCUT2D eigenvalue weighted by Gasteiger charge is -2.34. The van der Waals surface area contributed by atoms with Crippen LogP contribution in [-0.2, 0) is 21.2 Å². The van der Waals surface area contributed by atoms with Crippen molar-refractivity contribution < 1.29 is 17.6 Å². The van der Waals surface area contributed by atoms with E-state index in [0.717, 1.165) is 16.7 Å². The van der Waals surface area contributed by atoms with Crippen LogP contribution in [0.4, 0.5) is 0 Å². The van der Waals surface area contributed by atoms with Crippen LogP contribution in [0.5, 0.6) is 0 Å². The minimum atomic E-state index is -3.58. The molecule has 0 aliphatic carbocycles. The van der Waals surface area contributed by atoms with Gasteiger partial charge < -0.3 is 9.32 Å². The lowest BCUT2D eigenvalue weighted by atomic mass is 10.2. The molecule has 0 radical (unpaired) electrons. The van der Waals surface area contributed by atoms with E-state index >= 15 is 0 Å². The molecule has 1 amide bonds. The van der Waals surface area contributed by atoms with E-state index in [-0.39, 0.29) is 25.4 Å². The van der Waals surface area contributed by atoms with Crippen molar-refractivity contribution >= 4 is 15.9 Å². The number of sulfonamides is 1. The summed E-state index contributed by atoms with van der Waals surface area (Å²) in [6.45, 7) is 5.00. The van der Waals surface area contributed by atoms with Crippen LogP contribution < -0.4 is 0 Å². The number of oxazole rings is 1. The van der Waals surface area contributed by atoms with Crippen molar-refractivity contribution in [1.82, 2.24) is 14.2 Å². The van der Waals surface area contributed by atoms with Crippen LogP contribution in [0.1, 0.15) is 16.8 Å². The van der Waals surface area contributed by atoms with Gasteiger partial charge in [0.25, 0.3) is 0 Å². The van der Waals surface area contributed by atoms with E-state index in [1.54, 1.807) is 24.0 Å². The lowest BCUT2D eigenvalue weighted by molar-refractivity contribution is -0.131. The van der Waals surface area contributed by atoms with Crippen LogP contribution in [0, 0.1) is 13.8 Å². The second-order valence-electron chi connectivity index (χ2n) is 7.74. The molecule has 162 valence electrons. The first-order chi connectivity index (χ1) is 14.8. The Hall–Kier alpha value is -2.97. The van der Waals surface area contributed by atoms with Gasteiger partial charge in [0.1, 0.15) is 6.26 Å². The zero-order valence-corrected chi connectivity index (χ0v) is 18.4. The molecule has 2 heterocycles. The number of rotatable bonds is 5. The van der Waals surface area contributed by atoms with Gasteiger partial charge in [-0.05, 0) is 37.6 Å². The summed E-state index contributed by atoms with van der Waals surface area (Å²) < 4.78 is 33.0. The van der Waals surface area contributed by atoms with Gasteiger partial charge in [-0.15, -0.1) is 0 Å².